The van der Waals surface area contributed by atoms with Gasteiger partial charge >= 0.3 is 6.36 Å². The molecule has 1 atom stereocenters. The molecule has 1 unspecified atom stereocenters. The minimum Gasteiger partial charge on any atom is -0.406 e. The lowest BCUT2D eigenvalue weighted by atomic mass is 9.90. The molecule has 3 aromatic rings. The molecule has 9 heteroatoms. The molecule has 1 aliphatic heterocycles. The van der Waals surface area contributed by atoms with Gasteiger partial charge < -0.3 is 4.74 Å². The molecule has 37 heavy (non-hydrogen) atoms. The molecule has 5 rings (SSSR count). The van der Waals surface area contributed by atoms with Crippen LogP contribution in [-0.4, -0.2) is 39.0 Å². The molecule has 2 aliphatic rings. The molecule has 0 saturated carbocycles. The van der Waals surface area contributed by atoms with E-state index in [1.54, 1.807) is 0 Å². The second-order valence-corrected chi connectivity index (χ2v) is 11.1. The Balaban J connectivity index is 1.36. The Kier molecular flexibility index (Phi) is 7.09. The van der Waals surface area contributed by atoms with Gasteiger partial charge in [0.1, 0.15) is 5.75 Å². The molecule has 1 aliphatic carbocycles. The zero-order valence-corrected chi connectivity index (χ0v) is 20.9. The fourth-order valence-electron chi connectivity index (χ4n) is 5.32. The Hall–Kier alpha value is -3.17. The number of ether oxygens (including phenoxy) is 1. The normalized spacial score (nSPS) is 19.3. The van der Waals surface area contributed by atoms with Gasteiger partial charge in [-0.2, -0.15) is 12.8 Å². The highest BCUT2D eigenvalue weighted by Crippen LogP contribution is 2.38. The summed E-state index contributed by atoms with van der Waals surface area (Å²) in [5.41, 5.74) is 5.25. The van der Waals surface area contributed by atoms with Crippen molar-refractivity contribution in [2.24, 2.45) is 10.3 Å². The summed E-state index contributed by atoms with van der Waals surface area (Å²) >= 11 is 0. The maximum Gasteiger partial charge on any atom is 0.573 e. The van der Waals surface area contributed by atoms with Crippen LogP contribution in [0, 0.1) is 5.92 Å². The van der Waals surface area contributed by atoms with Crippen molar-refractivity contribution in [2.45, 2.75) is 43.0 Å². The van der Waals surface area contributed by atoms with E-state index in [0.717, 1.165) is 56.5 Å². The number of likely N-dealkylation sites (tertiary alicyclic amines) is 1. The average Bonchev–Trinajstić information content (AvgIpc) is 3.04. The quantitative estimate of drug-likeness (QED) is 0.385. The molecular formula is C28H27F3N2O3S. The number of hydrogen-bond donors (Lipinski definition) is 0. The molecular weight excluding hydrogens is 501 g/mol. The lowest BCUT2D eigenvalue weighted by Crippen LogP contribution is -2.39. The fraction of sp³-hybridized carbons (Fsp3) is 0.321. The third-order valence-corrected chi connectivity index (χ3v) is 8.25. The number of piperidine rings is 1. The van der Waals surface area contributed by atoms with E-state index in [-0.39, 0.29) is 16.9 Å². The SMILES string of the molecule is O=S(=O)(N=CC1CCCN(C2c3ccccc3CCc3ccccc32)C1)c1ccc(OC(F)(F)F)cc1. The van der Waals surface area contributed by atoms with Gasteiger partial charge in [0.05, 0.1) is 10.9 Å². The Bertz CT molecular complexity index is 1340. The van der Waals surface area contributed by atoms with Crippen LogP contribution in [0.15, 0.2) is 82.1 Å². The molecule has 0 N–H and O–H groups in total. The number of rotatable bonds is 5. The van der Waals surface area contributed by atoms with Crippen LogP contribution >= 0.6 is 0 Å². The first-order valence-corrected chi connectivity index (χ1v) is 13.7. The smallest absolute Gasteiger partial charge is 0.406 e. The van der Waals surface area contributed by atoms with Gasteiger partial charge in [0, 0.05) is 18.7 Å². The van der Waals surface area contributed by atoms with E-state index in [2.05, 4.69) is 62.6 Å². The van der Waals surface area contributed by atoms with E-state index < -0.39 is 22.1 Å². The van der Waals surface area contributed by atoms with Crippen LogP contribution < -0.4 is 4.74 Å². The number of nitrogens with zero attached hydrogens (tertiary/aromatic N) is 2. The molecule has 0 spiro atoms. The highest BCUT2D eigenvalue weighted by molar-refractivity contribution is 7.90. The molecule has 0 amide bonds. The van der Waals surface area contributed by atoms with E-state index in [1.165, 1.54) is 28.5 Å². The molecule has 194 valence electrons. The van der Waals surface area contributed by atoms with Crippen LogP contribution in [0.2, 0.25) is 0 Å². The number of hydrogen-bond acceptors (Lipinski definition) is 4. The van der Waals surface area contributed by atoms with Gasteiger partial charge in [0.2, 0.25) is 0 Å². The lowest BCUT2D eigenvalue weighted by molar-refractivity contribution is -0.274. The monoisotopic (exact) mass is 528 g/mol. The Morgan fingerprint density at radius 2 is 1.49 bits per heavy atom. The van der Waals surface area contributed by atoms with Crippen LogP contribution in [0.3, 0.4) is 0 Å². The van der Waals surface area contributed by atoms with Gasteiger partial charge in [-0.05, 0) is 78.7 Å². The first-order valence-electron chi connectivity index (χ1n) is 12.3. The highest BCUT2D eigenvalue weighted by Gasteiger charge is 2.32. The first kappa shape index (κ1) is 25.5. The summed E-state index contributed by atoms with van der Waals surface area (Å²) in [5, 5.41) is 0. The van der Waals surface area contributed by atoms with Gasteiger partial charge in [0.25, 0.3) is 10.0 Å². The van der Waals surface area contributed by atoms with Gasteiger partial charge in [-0.3, -0.25) is 4.90 Å². The molecule has 1 fully saturated rings. The van der Waals surface area contributed by atoms with E-state index in [1.807, 2.05) is 0 Å². The number of fused-ring (bicyclic) bond motifs is 2. The summed E-state index contributed by atoms with van der Waals surface area (Å²) in [6.45, 7) is 1.55. The summed E-state index contributed by atoms with van der Waals surface area (Å²) in [6, 6.07) is 21.2. The maximum absolute atomic E-state index is 12.8. The van der Waals surface area contributed by atoms with Crippen molar-refractivity contribution in [3.8, 4) is 5.75 Å². The zero-order valence-electron chi connectivity index (χ0n) is 20.1. The minimum atomic E-state index is -4.84. The molecule has 0 bridgehead atoms. The second-order valence-electron chi connectivity index (χ2n) is 9.45. The van der Waals surface area contributed by atoms with Crippen LogP contribution in [0.1, 0.15) is 41.1 Å². The van der Waals surface area contributed by atoms with Crippen molar-refractivity contribution in [3.63, 3.8) is 0 Å². The van der Waals surface area contributed by atoms with E-state index >= 15 is 0 Å². The molecule has 3 aromatic carbocycles. The Labute approximate surface area is 214 Å². The van der Waals surface area contributed by atoms with Crippen molar-refractivity contribution in [1.82, 2.24) is 4.90 Å². The fourth-order valence-corrected chi connectivity index (χ4v) is 6.26. The van der Waals surface area contributed by atoms with Crippen molar-refractivity contribution >= 4 is 16.2 Å². The van der Waals surface area contributed by atoms with E-state index in [4.69, 9.17) is 0 Å². The Morgan fingerprint density at radius 1 is 0.892 bits per heavy atom. The standard InChI is InChI=1S/C28H27F3N2O3S/c29-28(30,31)36-23-13-15-24(16-14-23)37(34,35)32-18-20-6-5-17-33(19-20)27-25-9-3-1-7-21(25)11-12-22-8-2-4-10-26(22)27/h1-4,7-10,13-16,18,20,27H,5-6,11-12,17,19H2. The topological polar surface area (TPSA) is 59.0 Å². The van der Waals surface area contributed by atoms with E-state index in [9.17, 15) is 21.6 Å². The summed E-state index contributed by atoms with van der Waals surface area (Å²) < 4.78 is 70.4. The largest absolute Gasteiger partial charge is 0.573 e. The number of benzene rings is 3. The third kappa shape index (κ3) is 5.88. The average molecular weight is 529 g/mol. The third-order valence-electron chi connectivity index (χ3n) is 6.98. The number of aryl methyl sites for hydroxylation is 2. The second kappa shape index (κ2) is 10.3. The molecule has 0 aromatic heterocycles. The molecule has 0 radical (unpaired) electrons. The lowest BCUT2D eigenvalue weighted by Gasteiger charge is -2.38. The van der Waals surface area contributed by atoms with Crippen LogP contribution in [0.25, 0.3) is 0 Å². The Morgan fingerprint density at radius 3 is 2.08 bits per heavy atom. The maximum atomic E-state index is 12.8. The molecule has 5 nitrogen and oxygen atoms in total. The number of halogens is 3. The van der Waals surface area contributed by atoms with Gasteiger partial charge in [-0.15, -0.1) is 13.2 Å². The number of sulfonamides is 1. The molecule has 1 heterocycles. The van der Waals surface area contributed by atoms with Crippen molar-refractivity contribution in [2.75, 3.05) is 13.1 Å². The first-order chi connectivity index (χ1) is 17.7. The predicted octanol–water partition coefficient (Wildman–Crippen LogP) is 5.94. The summed E-state index contributed by atoms with van der Waals surface area (Å²) in [4.78, 5) is 2.23. The summed E-state index contributed by atoms with van der Waals surface area (Å²) in [7, 11) is -4.05. The van der Waals surface area contributed by atoms with Crippen molar-refractivity contribution < 1.29 is 26.3 Å². The van der Waals surface area contributed by atoms with Gasteiger partial charge in [-0.25, -0.2) is 0 Å². The highest BCUT2D eigenvalue weighted by atomic mass is 32.2. The van der Waals surface area contributed by atoms with Gasteiger partial charge in [-0.1, -0.05) is 48.5 Å². The molecule has 1 saturated heterocycles. The summed E-state index contributed by atoms with van der Waals surface area (Å²) in [5.74, 6) is -0.554. The van der Waals surface area contributed by atoms with Crippen LogP contribution in [-0.2, 0) is 22.9 Å². The van der Waals surface area contributed by atoms with Crippen molar-refractivity contribution in [1.29, 1.82) is 0 Å². The number of alkyl halides is 3. The minimum absolute atomic E-state index is 0.0704. The van der Waals surface area contributed by atoms with E-state index in [0.29, 0.717) is 6.54 Å². The van der Waals surface area contributed by atoms with Crippen molar-refractivity contribution in [3.05, 3.63) is 95.1 Å². The zero-order chi connectivity index (χ0) is 26.0. The van der Waals surface area contributed by atoms with Gasteiger partial charge in [0.15, 0.2) is 0 Å². The van der Waals surface area contributed by atoms with Crippen LogP contribution in [0.5, 0.6) is 5.75 Å². The summed E-state index contributed by atoms with van der Waals surface area (Å²) in [6.07, 6.45) is 0.311. The predicted molar refractivity (Wildman–Crippen MR) is 135 cm³/mol. The van der Waals surface area contributed by atoms with Crippen LogP contribution in [0.4, 0.5) is 13.2 Å².